The quantitative estimate of drug-likeness (QED) is 0.687. The van der Waals surface area contributed by atoms with Crippen molar-refractivity contribution in [3.05, 3.63) is 82.4 Å². The lowest BCUT2D eigenvalue weighted by Crippen LogP contribution is -2.36. The second kappa shape index (κ2) is 8.26. The molecule has 0 N–H and O–H groups in total. The third-order valence-electron chi connectivity index (χ3n) is 5.10. The second-order valence-corrected chi connectivity index (χ2v) is 7.15. The van der Waals surface area contributed by atoms with Crippen LogP contribution in [0, 0.1) is 6.92 Å². The van der Waals surface area contributed by atoms with Crippen LogP contribution < -0.4 is 10.5 Å². The molecule has 7 nitrogen and oxygen atoms in total. The van der Waals surface area contributed by atoms with Crippen molar-refractivity contribution >= 4 is 11.7 Å². The average Bonchev–Trinajstić information content (AvgIpc) is 3.01. The molecule has 1 aliphatic heterocycles. The van der Waals surface area contributed by atoms with Crippen LogP contribution in [-0.2, 0) is 0 Å². The zero-order valence-electron chi connectivity index (χ0n) is 16.4. The number of anilines is 1. The number of carbonyl (C=O) groups is 1. The van der Waals surface area contributed by atoms with E-state index >= 15 is 0 Å². The predicted molar refractivity (Wildman–Crippen MR) is 112 cm³/mol. The molecule has 0 spiro atoms. The first-order valence-electron chi connectivity index (χ1n) is 9.73. The number of benzene rings is 1. The van der Waals surface area contributed by atoms with Gasteiger partial charge in [-0.05, 0) is 43.7 Å². The molecule has 1 amide bonds. The Morgan fingerprint density at radius 2 is 1.66 bits per heavy atom. The average molecular weight is 389 g/mol. The lowest BCUT2D eigenvalue weighted by Gasteiger charge is -2.23. The number of nitrogens with zero attached hydrogens (tertiary/aromatic N) is 5. The molecular weight excluding hydrogens is 366 g/mol. The minimum Gasteiger partial charge on any atom is -0.353 e. The monoisotopic (exact) mass is 389 g/mol. The van der Waals surface area contributed by atoms with Crippen LogP contribution in [0.3, 0.4) is 0 Å². The largest absolute Gasteiger partial charge is 0.353 e. The maximum atomic E-state index is 12.7. The summed E-state index contributed by atoms with van der Waals surface area (Å²) in [7, 11) is 0. The predicted octanol–water partition coefficient (Wildman–Crippen LogP) is 2.29. The number of amides is 1. The minimum atomic E-state index is -0.165. The lowest BCUT2D eigenvalue weighted by molar-refractivity contribution is 0.0767. The van der Waals surface area contributed by atoms with Crippen molar-refractivity contribution < 1.29 is 4.79 Å². The maximum Gasteiger partial charge on any atom is 0.271 e. The number of carbonyl (C=O) groups excluding carboxylic acids is 1. The van der Waals surface area contributed by atoms with Gasteiger partial charge in [-0.25, -0.2) is 0 Å². The number of hydrogen-bond acceptors (Lipinski definition) is 5. The summed E-state index contributed by atoms with van der Waals surface area (Å²) in [5.41, 5.74) is 2.36. The van der Waals surface area contributed by atoms with E-state index in [4.69, 9.17) is 0 Å². The van der Waals surface area contributed by atoms with Crippen molar-refractivity contribution in [1.29, 1.82) is 0 Å². The van der Waals surface area contributed by atoms with Gasteiger partial charge in [-0.2, -0.15) is 4.68 Å². The summed E-state index contributed by atoms with van der Waals surface area (Å²) in [4.78, 5) is 33.0. The van der Waals surface area contributed by atoms with Gasteiger partial charge in [0.05, 0.1) is 5.69 Å². The molecule has 0 bridgehead atoms. The molecule has 0 saturated carbocycles. The molecule has 7 heteroatoms. The Morgan fingerprint density at radius 1 is 0.897 bits per heavy atom. The molecule has 1 aromatic carbocycles. The van der Waals surface area contributed by atoms with E-state index in [1.54, 1.807) is 36.7 Å². The molecule has 4 rings (SSSR count). The van der Waals surface area contributed by atoms with Crippen LogP contribution in [0.2, 0.25) is 0 Å². The molecule has 1 saturated heterocycles. The van der Waals surface area contributed by atoms with Crippen LogP contribution in [0.5, 0.6) is 0 Å². The highest BCUT2D eigenvalue weighted by atomic mass is 16.2. The third-order valence-corrected chi connectivity index (χ3v) is 5.10. The molecule has 3 heterocycles. The molecule has 1 aliphatic rings. The number of pyridine rings is 1. The van der Waals surface area contributed by atoms with Crippen molar-refractivity contribution in [2.75, 3.05) is 31.1 Å². The fourth-order valence-electron chi connectivity index (χ4n) is 3.47. The van der Waals surface area contributed by atoms with Crippen LogP contribution in [0.15, 0.2) is 65.7 Å². The van der Waals surface area contributed by atoms with E-state index < -0.39 is 0 Å². The molecule has 2 aromatic heterocycles. The Morgan fingerprint density at radius 3 is 2.41 bits per heavy atom. The Hall–Kier alpha value is -3.48. The van der Waals surface area contributed by atoms with Crippen LogP contribution in [-0.4, -0.2) is 51.8 Å². The van der Waals surface area contributed by atoms with Gasteiger partial charge in [-0.15, -0.1) is 5.10 Å². The number of rotatable bonds is 3. The van der Waals surface area contributed by atoms with Crippen LogP contribution in [0.1, 0.15) is 22.3 Å². The topological polar surface area (TPSA) is 71.3 Å². The van der Waals surface area contributed by atoms with Crippen molar-refractivity contribution in [1.82, 2.24) is 19.7 Å². The van der Waals surface area contributed by atoms with Gasteiger partial charge in [-0.3, -0.25) is 14.6 Å². The highest BCUT2D eigenvalue weighted by Crippen LogP contribution is 2.15. The molecule has 0 aliphatic carbocycles. The van der Waals surface area contributed by atoms with Crippen molar-refractivity contribution in [3.63, 3.8) is 0 Å². The fourth-order valence-corrected chi connectivity index (χ4v) is 3.47. The Labute approximate surface area is 169 Å². The Balaban J connectivity index is 1.52. The first-order chi connectivity index (χ1) is 14.1. The third kappa shape index (κ3) is 4.18. The second-order valence-electron chi connectivity index (χ2n) is 7.15. The molecule has 1 fully saturated rings. The number of aromatic nitrogens is 3. The summed E-state index contributed by atoms with van der Waals surface area (Å²) in [6.45, 7) is 4.74. The molecule has 0 unspecified atom stereocenters. The highest BCUT2D eigenvalue weighted by Gasteiger charge is 2.21. The molecule has 148 valence electrons. The zero-order chi connectivity index (χ0) is 20.2. The van der Waals surface area contributed by atoms with Gasteiger partial charge < -0.3 is 9.80 Å². The van der Waals surface area contributed by atoms with E-state index in [0.717, 1.165) is 30.0 Å². The van der Waals surface area contributed by atoms with Crippen molar-refractivity contribution in [3.8, 4) is 5.69 Å². The Bertz CT molecular complexity index is 1050. The van der Waals surface area contributed by atoms with E-state index in [1.165, 1.54) is 4.68 Å². The first-order valence-corrected chi connectivity index (χ1v) is 9.73. The van der Waals surface area contributed by atoms with Crippen LogP contribution in [0.4, 0.5) is 5.82 Å². The van der Waals surface area contributed by atoms with Gasteiger partial charge in [0.15, 0.2) is 0 Å². The molecular formula is C22H23N5O2. The van der Waals surface area contributed by atoms with E-state index in [-0.39, 0.29) is 11.5 Å². The lowest BCUT2D eigenvalue weighted by atomic mass is 10.2. The number of aryl methyl sites for hydroxylation is 1. The van der Waals surface area contributed by atoms with Crippen LogP contribution >= 0.6 is 0 Å². The highest BCUT2D eigenvalue weighted by molar-refractivity contribution is 5.94. The van der Waals surface area contributed by atoms with E-state index in [9.17, 15) is 9.59 Å². The van der Waals surface area contributed by atoms with Gasteiger partial charge in [0.1, 0.15) is 5.82 Å². The van der Waals surface area contributed by atoms with Gasteiger partial charge in [0, 0.05) is 50.2 Å². The normalized spacial score (nSPS) is 14.5. The smallest absolute Gasteiger partial charge is 0.271 e. The van der Waals surface area contributed by atoms with Crippen molar-refractivity contribution in [2.24, 2.45) is 0 Å². The van der Waals surface area contributed by atoms with E-state index in [0.29, 0.717) is 25.2 Å². The minimum absolute atomic E-state index is 0.0202. The van der Waals surface area contributed by atoms with E-state index in [1.807, 2.05) is 36.1 Å². The maximum absolute atomic E-state index is 12.7. The molecule has 0 atom stereocenters. The molecule has 29 heavy (non-hydrogen) atoms. The summed E-state index contributed by atoms with van der Waals surface area (Å²) in [6.07, 6.45) is 4.10. The summed E-state index contributed by atoms with van der Waals surface area (Å²) < 4.78 is 1.43. The van der Waals surface area contributed by atoms with Gasteiger partial charge in [0.25, 0.3) is 11.5 Å². The fraction of sp³-hybridized carbons (Fsp3) is 0.273. The SMILES string of the molecule is Cc1ccc(-n2nc(N3CCCN(C(=O)c4ccncc4)CC3)ccc2=O)cc1. The summed E-state index contributed by atoms with van der Waals surface area (Å²) in [6, 6.07) is 14.5. The van der Waals surface area contributed by atoms with Crippen LogP contribution in [0.25, 0.3) is 5.69 Å². The number of hydrogen-bond donors (Lipinski definition) is 0. The molecule has 0 radical (unpaired) electrons. The van der Waals surface area contributed by atoms with Gasteiger partial charge in [-0.1, -0.05) is 17.7 Å². The van der Waals surface area contributed by atoms with Crippen molar-refractivity contribution in [2.45, 2.75) is 13.3 Å². The van der Waals surface area contributed by atoms with E-state index in [2.05, 4.69) is 15.0 Å². The van der Waals surface area contributed by atoms with Gasteiger partial charge in [0.2, 0.25) is 0 Å². The summed E-state index contributed by atoms with van der Waals surface area (Å²) in [5.74, 6) is 0.759. The standard InChI is InChI=1S/C22H23N5O2/c1-17-3-5-19(6-4-17)27-21(28)8-7-20(24-27)25-13-2-14-26(16-15-25)22(29)18-9-11-23-12-10-18/h3-12H,2,13-16H2,1H3. The summed E-state index contributed by atoms with van der Waals surface area (Å²) >= 11 is 0. The Kier molecular flexibility index (Phi) is 5.37. The summed E-state index contributed by atoms with van der Waals surface area (Å²) in [5, 5.41) is 4.58. The van der Waals surface area contributed by atoms with Gasteiger partial charge >= 0.3 is 0 Å². The first kappa shape index (κ1) is 18.9. The zero-order valence-corrected chi connectivity index (χ0v) is 16.4. The molecule has 3 aromatic rings.